The lowest BCUT2D eigenvalue weighted by Crippen LogP contribution is -2.39. The van der Waals surface area contributed by atoms with Crippen LogP contribution in [0.15, 0.2) is 23.3 Å². The first kappa shape index (κ1) is 20.7. The fraction of sp³-hybridized carbons (Fsp3) is 0.579. The van der Waals surface area contributed by atoms with E-state index in [-0.39, 0.29) is 18.8 Å². The van der Waals surface area contributed by atoms with Crippen LogP contribution in [0, 0.1) is 23.2 Å². The standard InChI is InChI=1S/C19H24O8/c1-10-13-9-19(17(22)26-4,18(23)27-5)8-11(13)6-7-12(15(20)24-2)14(10)16(21)25-3/h6-7,11-12,14H,8-9H2,1-5H3/t11-,12+,14-/m1/s1. The summed E-state index contributed by atoms with van der Waals surface area (Å²) in [6.45, 7) is 1.71. The Morgan fingerprint density at radius 3 is 1.93 bits per heavy atom. The van der Waals surface area contributed by atoms with Crippen LogP contribution in [0.4, 0.5) is 0 Å². The highest BCUT2D eigenvalue weighted by Gasteiger charge is 2.56. The minimum absolute atomic E-state index is 0.0502. The molecule has 0 amide bonds. The zero-order valence-corrected chi connectivity index (χ0v) is 16.1. The van der Waals surface area contributed by atoms with Crippen molar-refractivity contribution in [3.05, 3.63) is 23.3 Å². The maximum atomic E-state index is 12.4. The van der Waals surface area contributed by atoms with E-state index in [1.807, 2.05) is 0 Å². The largest absolute Gasteiger partial charge is 0.469 e. The van der Waals surface area contributed by atoms with Gasteiger partial charge in [-0.2, -0.15) is 0 Å². The normalized spacial score (nSPS) is 25.9. The van der Waals surface area contributed by atoms with Gasteiger partial charge in [0.1, 0.15) is 0 Å². The van der Waals surface area contributed by atoms with Crippen LogP contribution in [-0.2, 0) is 38.1 Å². The number of esters is 4. The summed E-state index contributed by atoms with van der Waals surface area (Å²) >= 11 is 0. The lowest BCUT2D eigenvalue weighted by atomic mass is 9.82. The van der Waals surface area contributed by atoms with E-state index in [0.29, 0.717) is 5.57 Å². The van der Waals surface area contributed by atoms with Gasteiger partial charge in [0.2, 0.25) is 0 Å². The smallest absolute Gasteiger partial charge is 0.323 e. The maximum Gasteiger partial charge on any atom is 0.323 e. The summed E-state index contributed by atoms with van der Waals surface area (Å²) in [5.74, 6) is -4.57. The third-order valence-corrected chi connectivity index (χ3v) is 5.47. The van der Waals surface area contributed by atoms with Crippen LogP contribution >= 0.6 is 0 Å². The topological polar surface area (TPSA) is 105 Å². The second kappa shape index (κ2) is 7.94. The van der Waals surface area contributed by atoms with Crippen molar-refractivity contribution in [1.82, 2.24) is 0 Å². The number of carbonyl (C=O) groups is 4. The Morgan fingerprint density at radius 1 is 0.889 bits per heavy atom. The molecule has 0 aliphatic heterocycles. The second-order valence-corrected chi connectivity index (χ2v) is 6.70. The molecule has 0 N–H and O–H groups in total. The molecule has 0 aromatic rings. The van der Waals surface area contributed by atoms with E-state index in [0.717, 1.165) is 5.57 Å². The molecule has 0 unspecified atom stereocenters. The molecule has 2 aliphatic rings. The first-order valence-corrected chi connectivity index (χ1v) is 8.47. The van der Waals surface area contributed by atoms with Crippen LogP contribution < -0.4 is 0 Å². The van der Waals surface area contributed by atoms with Crippen LogP contribution in [0.5, 0.6) is 0 Å². The van der Waals surface area contributed by atoms with Crippen molar-refractivity contribution in [3.8, 4) is 0 Å². The monoisotopic (exact) mass is 380 g/mol. The number of methoxy groups -OCH3 is 4. The van der Waals surface area contributed by atoms with Gasteiger partial charge in [-0.3, -0.25) is 19.2 Å². The SMILES string of the molecule is COC(=O)[C@@H]1C(C)=C2CC(C(=O)OC)(C(=O)OC)C[C@H]2C=C[C@@H]1C(=O)OC. The summed E-state index contributed by atoms with van der Waals surface area (Å²) in [6.07, 6.45) is 3.50. The van der Waals surface area contributed by atoms with Gasteiger partial charge in [-0.15, -0.1) is 0 Å². The predicted molar refractivity (Wildman–Crippen MR) is 92.0 cm³/mol. The fourth-order valence-corrected chi connectivity index (χ4v) is 4.06. The van der Waals surface area contributed by atoms with Crippen LogP contribution in [0.2, 0.25) is 0 Å². The zero-order chi connectivity index (χ0) is 20.4. The number of hydrogen-bond acceptors (Lipinski definition) is 8. The van der Waals surface area contributed by atoms with Crippen molar-refractivity contribution in [2.45, 2.75) is 19.8 Å². The Bertz CT molecular complexity index is 701. The number of rotatable bonds is 4. The van der Waals surface area contributed by atoms with Crippen molar-refractivity contribution in [1.29, 1.82) is 0 Å². The number of carbonyl (C=O) groups excluding carboxylic acids is 4. The first-order valence-electron chi connectivity index (χ1n) is 8.47. The Hall–Kier alpha value is -2.64. The molecule has 3 atom stereocenters. The molecule has 0 spiro atoms. The minimum Gasteiger partial charge on any atom is -0.469 e. The molecule has 148 valence electrons. The van der Waals surface area contributed by atoms with Gasteiger partial charge >= 0.3 is 23.9 Å². The van der Waals surface area contributed by atoms with Crippen molar-refractivity contribution in [3.63, 3.8) is 0 Å². The van der Waals surface area contributed by atoms with Gasteiger partial charge in [-0.05, 0) is 25.7 Å². The van der Waals surface area contributed by atoms with Crippen LogP contribution in [0.1, 0.15) is 19.8 Å². The van der Waals surface area contributed by atoms with Crippen molar-refractivity contribution in [2.24, 2.45) is 23.2 Å². The quantitative estimate of drug-likeness (QED) is 0.310. The van der Waals surface area contributed by atoms with Gasteiger partial charge < -0.3 is 18.9 Å². The molecule has 1 fully saturated rings. The van der Waals surface area contributed by atoms with Crippen LogP contribution in [0.3, 0.4) is 0 Å². The minimum atomic E-state index is -1.48. The summed E-state index contributed by atoms with van der Waals surface area (Å²) < 4.78 is 19.4. The Labute approximate surface area is 157 Å². The van der Waals surface area contributed by atoms with Gasteiger partial charge in [0.15, 0.2) is 5.41 Å². The average Bonchev–Trinajstić information content (AvgIpc) is 3.03. The lowest BCUT2D eigenvalue weighted by molar-refractivity contribution is -0.168. The highest BCUT2D eigenvalue weighted by atomic mass is 16.5. The molecule has 0 heterocycles. The van der Waals surface area contributed by atoms with E-state index in [1.165, 1.54) is 28.4 Å². The van der Waals surface area contributed by atoms with Crippen LogP contribution in [-0.4, -0.2) is 52.3 Å². The molecular weight excluding hydrogens is 356 g/mol. The van der Waals surface area contributed by atoms with Gasteiger partial charge in [0.25, 0.3) is 0 Å². The fourth-order valence-electron chi connectivity index (χ4n) is 4.06. The molecular formula is C19H24O8. The van der Waals surface area contributed by atoms with E-state index in [4.69, 9.17) is 18.9 Å². The summed E-state index contributed by atoms with van der Waals surface area (Å²) in [5.41, 5.74) is -0.167. The van der Waals surface area contributed by atoms with Crippen molar-refractivity contribution < 1.29 is 38.1 Å². The van der Waals surface area contributed by atoms with E-state index in [1.54, 1.807) is 19.1 Å². The molecule has 0 aromatic carbocycles. The molecule has 1 saturated carbocycles. The third-order valence-electron chi connectivity index (χ3n) is 5.47. The Morgan fingerprint density at radius 2 is 1.44 bits per heavy atom. The molecule has 2 aliphatic carbocycles. The van der Waals surface area contributed by atoms with E-state index in [2.05, 4.69) is 0 Å². The predicted octanol–water partition coefficient (Wildman–Crippen LogP) is 1.19. The third kappa shape index (κ3) is 3.36. The second-order valence-electron chi connectivity index (χ2n) is 6.70. The Kier molecular flexibility index (Phi) is 6.08. The Balaban J connectivity index is 2.58. The molecule has 8 heteroatoms. The molecule has 27 heavy (non-hydrogen) atoms. The lowest BCUT2D eigenvalue weighted by Gasteiger charge is -2.24. The maximum absolute atomic E-state index is 12.4. The van der Waals surface area contributed by atoms with Gasteiger partial charge in [0.05, 0.1) is 40.3 Å². The number of ether oxygens (including phenoxy) is 4. The van der Waals surface area contributed by atoms with Crippen molar-refractivity contribution >= 4 is 23.9 Å². The zero-order valence-electron chi connectivity index (χ0n) is 16.1. The highest BCUT2D eigenvalue weighted by molar-refractivity contribution is 6.01. The highest BCUT2D eigenvalue weighted by Crippen LogP contribution is 2.51. The summed E-state index contributed by atoms with van der Waals surface area (Å²) in [7, 11) is 4.91. The van der Waals surface area contributed by atoms with Crippen molar-refractivity contribution in [2.75, 3.05) is 28.4 Å². The van der Waals surface area contributed by atoms with E-state index >= 15 is 0 Å². The van der Waals surface area contributed by atoms with Gasteiger partial charge in [-0.25, -0.2) is 0 Å². The number of fused-ring (bicyclic) bond motifs is 1. The van der Waals surface area contributed by atoms with Gasteiger partial charge in [0, 0.05) is 0 Å². The molecule has 2 rings (SSSR count). The van der Waals surface area contributed by atoms with Gasteiger partial charge in [-0.1, -0.05) is 23.3 Å². The molecule has 8 nitrogen and oxygen atoms in total. The molecule has 0 saturated heterocycles. The van der Waals surface area contributed by atoms with E-state index < -0.39 is 41.1 Å². The summed E-state index contributed by atoms with van der Waals surface area (Å²) in [5, 5.41) is 0. The van der Waals surface area contributed by atoms with Crippen LogP contribution in [0.25, 0.3) is 0 Å². The molecule has 0 bridgehead atoms. The molecule has 0 aromatic heterocycles. The number of allylic oxidation sites excluding steroid dienone is 2. The molecule has 0 radical (unpaired) electrons. The van der Waals surface area contributed by atoms with E-state index in [9.17, 15) is 19.2 Å². The first-order chi connectivity index (χ1) is 12.8. The number of hydrogen-bond donors (Lipinski definition) is 0. The summed E-state index contributed by atoms with van der Waals surface area (Å²) in [4.78, 5) is 49.5. The summed E-state index contributed by atoms with van der Waals surface area (Å²) in [6, 6.07) is 0. The average molecular weight is 380 g/mol.